The van der Waals surface area contributed by atoms with Gasteiger partial charge in [0, 0.05) is 10.9 Å². The van der Waals surface area contributed by atoms with E-state index >= 15 is 0 Å². The fourth-order valence-electron chi connectivity index (χ4n) is 2.85. The molecule has 0 bridgehead atoms. The number of halogens is 3. The highest BCUT2D eigenvalue weighted by Crippen LogP contribution is 2.33. The maximum atomic E-state index is 12.6. The van der Waals surface area contributed by atoms with E-state index in [2.05, 4.69) is 10.1 Å². The lowest BCUT2D eigenvalue weighted by atomic mass is 10.0. The summed E-state index contributed by atoms with van der Waals surface area (Å²) >= 11 is 0. The van der Waals surface area contributed by atoms with Crippen molar-refractivity contribution in [3.05, 3.63) is 58.8 Å². The van der Waals surface area contributed by atoms with Crippen LogP contribution in [0.15, 0.2) is 40.8 Å². The number of alkyl halides is 3. The molecular formula is C19H16F3NO3. The molecule has 3 rings (SSSR count). The Morgan fingerprint density at radius 3 is 2.35 bits per heavy atom. The SMILES string of the molecule is Cc1ccc(C)c2c(C)c(C(=O)Nc3ccccc3OC(F)(F)F)oc12. The van der Waals surface area contributed by atoms with Gasteiger partial charge in [-0.05, 0) is 44.0 Å². The molecule has 1 N–H and O–H groups in total. The lowest BCUT2D eigenvalue weighted by Gasteiger charge is -2.13. The number of hydrogen-bond acceptors (Lipinski definition) is 3. The van der Waals surface area contributed by atoms with Gasteiger partial charge in [0.15, 0.2) is 11.5 Å². The number of nitrogens with one attached hydrogen (secondary N) is 1. The fraction of sp³-hybridized carbons (Fsp3) is 0.211. The number of hydrogen-bond donors (Lipinski definition) is 1. The van der Waals surface area contributed by atoms with Crippen LogP contribution in [0.4, 0.5) is 18.9 Å². The summed E-state index contributed by atoms with van der Waals surface area (Å²) in [5.74, 6) is -1.08. The molecule has 1 aromatic heterocycles. The molecule has 0 fully saturated rings. The molecule has 0 atom stereocenters. The van der Waals surface area contributed by atoms with Crippen LogP contribution in [0.3, 0.4) is 0 Å². The lowest BCUT2D eigenvalue weighted by Crippen LogP contribution is -2.19. The molecule has 0 radical (unpaired) electrons. The number of fused-ring (bicyclic) bond motifs is 1. The second kappa shape index (κ2) is 6.40. The first-order valence-electron chi connectivity index (χ1n) is 7.83. The minimum atomic E-state index is -4.86. The van der Waals surface area contributed by atoms with E-state index in [4.69, 9.17) is 4.42 Å². The first-order chi connectivity index (χ1) is 12.2. The van der Waals surface area contributed by atoms with Gasteiger partial charge >= 0.3 is 6.36 Å². The minimum Gasteiger partial charge on any atom is -0.450 e. The Hall–Kier alpha value is -2.96. The van der Waals surface area contributed by atoms with E-state index in [-0.39, 0.29) is 11.4 Å². The van der Waals surface area contributed by atoms with Gasteiger partial charge in [-0.15, -0.1) is 13.2 Å². The van der Waals surface area contributed by atoms with Gasteiger partial charge in [-0.3, -0.25) is 4.79 Å². The quantitative estimate of drug-likeness (QED) is 0.668. The summed E-state index contributed by atoms with van der Waals surface area (Å²) in [4.78, 5) is 12.6. The van der Waals surface area contributed by atoms with Crippen molar-refractivity contribution in [1.29, 1.82) is 0 Å². The van der Waals surface area contributed by atoms with E-state index in [1.165, 1.54) is 18.2 Å². The van der Waals surface area contributed by atoms with E-state index in [0.717, 1.165) is 22.6 Å². The molecule has 0 saturated heterocycles. The zero-order valence-corrected chi connectivity index (χ0v) is 14.3. The molecule has 0 aliphatic rings. The highest BCUT2D eigenvalue weighted by Gasteiger charge is 2.32. The molecule has 1 heterocycles. The molecule has 26 heavy (non-hydrogen) atoms. The van der Waals surface area contributed by atoms with Crippen LogP contribution in [0.1, 0.15) is 27.2 Å². The van der Waals surface area contributed by atoms with Crippen molar-refractivity contribution >= 4 is 22.6 Å². The maximum absolute atomic E-state index is 12.6. The Balaban J connectivity index is 1.98. The third kappa shape index (κ3) is 3.37. The second-order valence-corrected chi connectivity index (χ2v) is 5.96. The maximum Gasteiger partial charge on any atom is 0.573 e. The highest BCUT2D eigenvalue weighted by molar-refractivity contribution is 6.07. The third-order valence-corrected chi connectivity index (χ3v) is 4.05. The van der Waals surface area contributed by atoms with Crippen LogP contribution in [0, 0.1) is 20.8 Å². The molecular weight excluding hydrogens is 347 g/mol. The smallest absolute Gasteiger partial charge is 0.450 e. The summed E-state index contributed by atoms with van der Waals surface area (Å²) in [5.41, 5.74) is 2.95. The second-order valence-electron chi connectivity index (χ2n) is 5.96. The number of rotatable bonds is 3. The van der Waals surface area contributed by atoms with Crippen LogP contribution in [0.5, 0.6) is 5.75 Å². The fourth-order valence-corrected chi connectivity index (χ4v) is 2.85. The van der Waals surface area contributed by atoms with E-state index in [1.807, 2.05) is 26.0 Å². The zero-order valence-electron chi connectivity index (χ0n) is 14.3. The molecule has 0 aliphatic carbocycles. The van der Waals surface area contributed by atoms with Crippen molar-refractivity contribution in [3.63, 3.8) is 0 Å². The molecule has 0 saturated carbocycles. The van der Waals surface area contributed by atoms with Crippen LogP contribution in [-0.4, -0.2) is 12.3 Å². The summed E-state index contributed by atoms with van der Waals surface area (Å²) in [6.07, 6.45) is -4.86. The highest BCUT2D eigenvalue weighted by atomic mass is 19.4. The van der Waals surface area contributed by atoms with Crippen LogP contribution in [0.25, 0.3) is 11.0 Å². The Morgan fingerprint density at radius 1 is 1.04 bits per heavy atom. The van der Waals surface area contributed by atoms with Crippen molar-refractivity contribution in [2.24, 2.45) is 0 Å². The number of aryl methyl sites for hydroxylation is 3. The molecule has 3 aromatic rings. The average Bonchev–Trinajstić information content (AvgIpc) is 2.90. The number of para-hydroxylation sites is 2. The van der Waals surface area contributed by atoms with E-state index in [1.54, 1.807) is 6.92 Å². The number of furan rings is 1. The average molecular weight is 363 g/mol. The third-order valence-electron chi connectivity index (χ3n) is 4.05. The normalized spacial score (nSPS) is 11.6. The summed E-state index contributed by atoms with van der Waals surface area (Å²) in [6, 6.07) is 9.15. The molecule has 2 aromatic carbocycles. The van der Waals surface area contributed by atoms with Crippen LogP contribution in [0.2, 0.25) is 0 Å². The number of ether oxygens (including phenoxy) is 1. The van der Waals surface area contributed by atoms with E-state index in [9.17, 15) is 18.0 Å². The molecule has 4 nitrogen and oxygen atoms in total. The van der Waals surface area contributed by atoms with E-state index in [0.29, 0.717) is 11.1 Å². The Morgan fingerprint density at radius 2 is 1.69 bits per heavy atom. The number of benzene rings is 2. The number of carbonyl (C=O) groups is 1. The minimum absolute atomic E-state index is 0.0548. The number of carbonyl (C=O) groups excluding carboxylic acids is 1. The van der Waals surface area contributed by atoms with Crippen LogP contribution >= 0.6 is 0 Å². The molecule has 0 aliphatic heterocycles. The Kier molecular flexibility index (Phi) is 4.39. The van der Waals surface area contributed by atoms with Crippen molar-refractivity contribution < 1.29 is 27.1 Å². The van der Waals surface area contributed by atoms with Crippen molar-refractivity contribution in [2.75, 3.05) is 5.32 Å². The number of anilines is 1. The summed E-state index contributed by atoms with van der Waals surface area (Å²) in [6.45, 7) is 5.50. The topological polar surface area (TPSA) is 51.5 Å². The van der Waals surface area contributed by atoms with Gasteiger partial charge in [-0.2, -0.15) is 0 Å². The van der Waals surface area contributed by atoms with Gasteiger partial charge < -0.3 is 14.5 Å². The Bertz CT molecular complexity index is 990. The first kappa shape index (κ1) is 17.8. The molecule has 136 valence electrons. The van der Waals surface area contributed by atoms with Crippen molar-refractivity contribution in [3.8, 4) is 5.75 Å². The van der Waals surface area contributed by atoms with Crippen LogP contribution < -0.4 is 10.1 Å². The summed E-state index contributed by atoms with van der Waals surface area (Å²) in [5, 5.41) is 3.26. The largest absolute Gasteiger partial charge is 0.573 e. The molecule has 0 unspecified atom stereocenters. The number of amides is 1. The van der Waals surface area contributed by atoms with Gasteiger partial charge in [0.2, 0.25) is 0 Å². The monoisotopic (exact) mass is 363 g/mol. The standard InChI is InChI=1S/C19H16F3NO3/c1-10-8-9-11(2)16-15(10)12(3)17(25-16)18(24)23-13-6-4-5-7-14(13)26-19(20,21)22/h4-9H,1-3H3,(H,23,24). The first-order valence-corrected chi connectivity index (χ1v) is 7.83. The molecule has 0 spiro atoms. The lowest BCUT2D eigenvalue weighted by molar-refractivity contribution is -0.274. The van der Waals surface area contributed by atoms with Gasteiger partial charge in [0.05, 0.1) is 5.69 Å². The zero-order chi connectivity index (χ0) is 19.1. The van der Waals surface area contributed by atoms with Crippen LogP contribution in [-0.2, 0) is 0 Å². The van der Waals surface area contributed by atoms with E-state index < -0.39 is 18.0 Å². The predicted molar refractivity (Wildman–Crippen MR) is 91.5 cm³/mol. The molecule has 7 heteroatoms. The van der Waals surface area contributed by atoms with Gasteiger partial charge in [0.25, 0.3) is 5.91 Å². The summed E-state index contributed by atoms with van der Waals surface area (Å²) in [7, 11) is 0. The predicted octanol–water partition coefficient (Wildman–Crippen LogP) is 5.51. The van der Waals surface area contributed by atoms with Gasteiger partial charge in [0.1, 0.15) is 5.58 Å². The van der Waals surface area contributed by atoms with Crippen molar-refractivity contribution in [2.45, 2.75) is 27.1 Å². The summed E-state index contributed by atoms with van der Waals surface area (Å²) < 4.78 is 47.2. The Labute approximate surface area is 147 Å². The van der Waals surface area contributed by atoms with Gasteiger partial charge in [-0.25, -0.2) is 0 Å². The van der Waals surface area contributed by atoms with Gasteiger partial charge in [-0.1, -0.05) is 24.3 Å². The van der Waals surface area contributed by atoms with Crippen molar-refractivity contribution in [1.82, 2.24) is 0 Å². The molecule has 1 amide bonds.